The first-order valence-electron chi connectivity index (χ1n) is 9.23. The molecule has 2 aliphatic carbocycles. The van der Waals surface area contributed by atoms with E-state index in [1.54, 1.807) is 22.3 Å². The quantitative estimate of drug-likeness (QED) is 0.765. The lowest BCUT2D eigenvalue weighted by Crippen LogP contribution is -2.46. The summed E-state index contributed by atoms with van der Waals surface area (Å²) >= 11 is 0. The van der Waals surface area contributed by atoms with E-state index in [0.717, 1.165) is 6.04 Å². The Kier molecular flexibility index (Phi) is 3.12. The SMILES string of the molecule is c1ccc2c(c1)CC(N1CCC3(CCc4ccccc43)CC1)C2. The summed E-state index contributed by atoms with van der Waals surface area (Å²) in [6.45, 7) is 2.57. The molecule has 0 N–H and O–H groups in total. The van der Waals surface area contributed by atoms with Crippen LogP contribution in [0.3, 0.4) is 0 Å². The van der Waals surface area contributed by atoms with Crippen molar-refractivity contribution >= 4 is 0 Å². The third-order valence-corrected chi connectivity index (χ3v) is 6.76. The van der Waals surface area contributed by atoms with E-state index in [0.29, 0.717) is 5.41 Å². The van der Waals surface area contributed by atoms with Gasteiger partial charge in [-0.1, -0.05) is 48.5 Å². The molecule has 0 radical (unpaired) electrons. The van der Waals surface area contributed by atoms with E-state index in [1.807, 2.05) is 0 Å². The van der Waals surface area contributed by atoms with Gasteiger partial charge in [-0.25, -0.2) is 0 Å². The van der Waals surface area contributed by atoms with Gasteiger partial charge in [0.15, 0.2) is 0 Å². The lowest BCUT2D eigenvalue weighted by atomic mass is 9.73. The minimum Gasteiger partial charge on any atom is -0.300 e. The Hall–Kier alpha value is -1.60. The number of aryl methyl sites for hydroxylation is 1. The second-order valence-electron chi connectivity index (χ2n) is 7.80. The highest BCUT2D eigenvalue weighted by Gasteiger charge is 2.42. The molecule has 1 heteroatoms. The second-order valence-corrected chi connectivity index (χ2v) is 7.80. The first-order chi connectivity index (χ1) is 11.3. The highest BCUT2D eigenvalue weighted by Crippen LogP contribution is 2.46. The first-order valence-corrected chi connectivity index (χ1v) is 9.23. The molecular formula is C22H25N. The zero-order chi connectivity index (χ0) is 15.3. The lowest BCUT2D eigenvalue weighted by molar-refractivity contribution is 0.117. The number of rotatable bonds is 1. The number of piperidine rings is 1. The highest BCUT2D eigenvalue weighted by molar-refractivity contribution is 5.40. The van der Waals surface area contributed by atoms with Crippen LogP contribution in [0.2, 0.25) is 0 Å². The summed E-state index contributed by atoms with van der Waals surface area (Å²) < 4.78 is 0. The van der Waals surface area contributed by atoms with Crippen LogP contribution in [-0.2, 0) is 24.7 Å². The molecule has 1 spiro atoms. The molecule has 1 fully saturated rings. The van der Waals surface area contributed by atoms with Crippen molar-refractivity contribution in [3.05, 3.63) is 70.8 Å². The molecule has 5 rings (SSSR count). The number of hydrogen-bond donors (Lipinski definition) is 0. The standard InChI is InChI=1S/C22H25N/c1-2-7-19-16-20(15-18(19)6-1)23-13-11-22(12-14-23)10-9-17-5-3-4-8-21(17)22/h1-8,20H,9-16H2. The van der Waals surface area contributed by atoms with Crippen molar-refractivity contribution in [1.29, 1.82) is 0 Å². The Morgan fingerprint density at radius 1 is 0.739 bits per heavy atom. The van der Waals surface area contributed by atoms with Crippen molar-refractivity contribution in [2.24, 2.45) is 0 Å². The van der Waals surface area contributed by atoms with Crippen molar-refractivity contribution in [2.45, 2.75) is 50.0 Å². The molecule has 0 amide bonds. The van der Waals surface area contributed by atoms with Gasteiger partial charge in [-0.3, -0.25) is 4.90 Å². The largest absolute Gasteiger partial charge is 0.300 e. The third kappa shape index (κ3) is 2.17. The van der Waals surface area contributed by atoms with Gasteiger partial charge >= 0.3 is 0 Å². The van der Waals surface area contributed by atoms with Crippen LogP contribution < -0.4 is 0 Å². The molecule has 0 saturated carbocycles. The summed E-state index contributed by atoms with van der Waals surface area (Å²) in [5, 5.41) is 0. The molecule has 2 aromatic carbocycles. The molecule has 1 aliphatic heterocycles. The molecule has 2 aromatic rings. The Bertz CT molecular complexity index is 699. The van der Waals surface area contributed by atoms with Gasteiger partial charge in [-0.15, -0.1) is 0 Å². The second kappa shape index (κ2) is 5.21. The number of benzene rings is 2. The highest BCUT2D eigenvalue weighted by atomic mass is 15.2. The Labute approximate surface area is 139 Å². The van der Waals surface area contributed by atoms with Gasteiger partial charge in [-0.05, 0) is 79.3 Å². The third-order valence-electron chi connectivity index (χ3n) is 6.76. The molecular weight excluding hydrogens is 278 g/mol. The molecule has 118 valence electrons. The van der Waals surface area contributed by atoms with Crippen molar-refractivity contribution in [3.8, 4) is 0 Å². The zero-order valence-corrected chi connectivity index (χ0v) is 13.8. The topological polar surface area (TPSA) is 3.24 Å². The monoisotopic (exact) mass is 303 g/mol. The Morgan fingerprint density at radius 2 is 1.35 bits per heavy atom. The van der Waals surface area contributed by atoms with Gasteiger partial charge in [0.05, 0.1) is 0 Å². The van der Waals surface area contributed by atoms with E-state index in [9.17, 15) is 0 Å². The van der Waals surface area contributed by atoms with Gasteiger partial charge in [0.2, 0.25) is 0 Å². The number of hydrogen-bond acceptors (Lipinski definition) is 1. The fraction of sp³-hybridized carbons (Fsp3) is 0.455. The molecule has 1 nitrogen and oxygen atoms in total. The van der Waals surface area contributed by atoms with Crippen LogP contribution in [0.15, 0.2) is 48.5 Å². The van der Waals surface area contributed by atoms with E-state index in [-0.39, 0.29) is 0 Å². The number of fused-ring (bicyclic) bond motifs is 3. The van der Waals surface area contributed by atoms with Crippen LogP contribution in [0.4, 0.5) is 0 Å². The molecule has 0 unspecified atom stereocenters. The van der Waals surface area contributed by atoms with Gasteiger partial charge < -0.3 is 0 Å². The molecule has 0 aromatic heterocycles. The molecule has 1 heterocycles. The van der Waals surface area contributed by atoms with Crippen LogP contribution >= 0.6 is 0 Å². The van der Waals surface area contributed by atoms with Crippen molar-refractivity contribution in [2.75, 3.05) is 13.1 Å². The minimum absolute atomic E-state index is 0.499. The van der Waals surface area contributed by atoms with Crippen LogP contribution in [-0.4, -0.2) is 24.0 Å². The van der Waals surface area contributed by atoms with E-state index in [1.165, 1.54) is 51.6 Å². The maximum Gasteiger partial charge on any atom is 0.0176 e. The van der Waals surface area contributed by atoms with Crippen LogP contribution in [0.25, 0.3) is 0 Å². The van der Waals surface area contributed by atoms with Crippen molar-refractivity contribution < 1.29 is 0 Å². The average molecular weight is 303 g/mol. The van der Waals surface area contributed by atoms with E-state index >= 15 is 0 Å². The maximum atomic E-state index is 2.78. The van der Waals surface area contributed by atoms with Crippen LogP contribution in [0.5, 0.6) is 0 Å². The van der Waals surface area contributed by atoms with Crippen molar-refractivity contribution in [1.82, 2.24) is 4.90 Å². The summed E-state index contributed by atoms with van der Waals surface area (Å²) in [5.41, 5.74) is 6.97. The molecule has 1 saturated heterocycles. The fourth-order valence-electron chi connectivity index (χ4n) is 5.39. The van der Waals surface area contributed by atoms with Gasteiger partial charge in [0.1, 0.15) is 0 Å². The normalized spacial score (nSPS) is 23.1. The summed E-state index contributed by atoms with van der Waals surface area (Å²) in [6.07, 6.45) is 7.92. The summed E-state index contributed by atoms with van der Waals surface area (Å²) in [6, 6.07) is 19.0. The van der Waals surface area contributed by atoms with Crippen LogP contribution in [0.1, 0.15) is 41.5 Å². The van der Waals surface area contributed by atoms with E-state index < -0.39 is 0 Å². The van der Waals surface area contributed by atoms with Gasteiger partial charge in [0.25, 0.3) is 0 Å². The number of likely N-dealkylation sites (tertiary alicyclic amines) is 1. The average Bonchev–Trinajstić information content (AvgIpc) is 3.19. The molecule has 23 heavy (non-hydrogen) atoms. The predicted molar refractivity (Wildman–Crippen MR) is 94.9 cm³/mol. The van der Waals surface area contributed by atoms with Gasteiger partial charge in [-0.2, -0.15) is 0 Å². The van der Waals surface area contributed by atoms with E-state index in [2.05, 4.69) is 53.4 Å². The van der Waals surface area contributed by atoms with Gasteiger partial charge in [0, 0.05) is 6.04 Å². The smallest absolute Gasteiger partial charge is 0.0176 e. The summed E-state index contributed by atoms with van der Waals surface area (Å²) in [4.78, 5) is 2.78. The lowest BCUT2D eigenvalue weighted by Gasteiger charge is -2.42. The predicted octanol–water partition coefficient (Wildman–Crippen LogP) is 4.13. The Morgan fingerprint density at radius 3 is 2.04 bits per heavy atom. The molecule has 0 atom stereocenters. The molecule has 3 aliphatic rings. The zero-order valence-electron chi connectivity index (χ0n) is 13.8. The molecule has 0 bridgehead atoms. The fourth-order valence-corrected chi connectivity index (χ4v) is 5.39. The Balaban J connectivity index is 1.31. The van der Waals surface area contributed by atoms with E-state index in [4.69, 9.17) is 0 Å². The summed E-state index contributed by atoms with van der Waals surface area (Å²) in [7, 11) is 0. The van der Waals surface area contributed by atoms with Crippen molar-refractivity contribution in [3.63, 3.8) is 0 Å². The minimum atomic E-state index is 0.499. The summed E-state index contributed by atoms with van der Waals surface area (Å²) in [5.74, 6) is 0. The maximum absolute atomic E-state index is 2.78. The van der Waals surface area contributed by atoms with Crippen LogP contribution in [0, 0.1) is 0 Å². The first kappa shape index (κ1) is 13.8. The number of nitrogens with zero attached hydrogens (tertiary/aromatic N) is 1.